The Morgan fingerprint density at radius 3 is 1.25 bits per heavy atom. The zero-order valence-electron chi connectivity index (χ0n) is 75.0. The number of imidazole rings is 1. The van der Waals surface area contributed by atoms with Crippen molar-refractivity contribution in [3.8, 4) is 95.6 Å². The molecule has 22 rings (SSSR count). The van der Waals surface area contributed by atoms with Crippen molar-refractivity contribution in [1.82, 2.24) is 9.97 Å². The first-order valence-electron chi connectivity index (χ1n) is 44.7. The van der Waals surface area contributed by atoms with E-state index < -0.39 is 6.10 Å². The highest BCUT2D eigenvalue weighted by Crippen LogP contribution is 2.50. The fraction of sp³-hybridized carbons (Fsp3) is 0.255. The van der Waals surface area contributed by atoms with Crippen LogP contribution in [0.4, 0.5) is 20.1 Å². The maximum atomic E-state index is 12.8. The van der Waals surface area contributed by atoms with Gasteiger partial charge in [0.15, 0.2) is 59.8 Å². The van der Waals surface area contributed by atoms with Gasteiger partial charge in [-0.3, -0.25) is 43.3 Å². The van der Waals surface area contributed by atoms with Gasteiger partial charge in [-0.15, -0.1) is 0 Å². The number of H-pyrrole nitrogens is 1. The van der Waals surface area contributed by atoms with Crippen molar-refractivity contribution in [3.63, 3.8) is 0 Å². The number of nitrogens with zero attached hydrogens (tertiary/aromatic N) is 2. The van der Waals surface area contributed by atoms with Gasteiger partial charge < -0.3 is 42.9 Å². The van der Waals surface area contributed by atoms with Crippen molar-refractivity contribution in [2.24, 2.45) is 4.99 Å². The van der Waals surface area contributed by atoms with Crippen LogP contribution >= 0.6 is 107 Å². The van der Waals surface area contributed by atoms with Crippen LogP contribution < -0.4 is 29.2 Å². The fourth-order valence-corrected chi connectivity index (χ4v) is 21.9. The Morgan fingerprint density at radius 1 is 0.401 bits per heavy atom. The van der Waals surface area contributed by atoms with E-state index in [1.54, 1.807) is 50.3 Å². The Morgan fingerprint density at radius 2 is 0.810 bits per heavy atom. The van der Waals surface area contributed by atoms with E-state index in [9.17, 15) is 52.7 Å². The molecule has 8 atom stereocenters. The highest BCUT2D eigenvalue weighted by atomic mass is 79.9. The number of alkyl halides is 4. The first-order chi connectivity index (χ1) is 66.4. The molecular formula is C106H90Br4N3O19P5. The molecule has 0 saturated carbocycles. The Kier molecular flexibility index (Phi) is 29.8. The Hall–Kier alpha value is -10.6. The molecule has 6 aliphatic heterocycles. The predicted octanol–water partition coefficient (Wildman–Crippen LogP) is 24.3. The fourth-order valence-electron chi connectivity index (χ4n) is 18.6. The van der Waals surface area contributed by atoms with Crippen LogP contribution in [0.1, 0.15) is 171 Å². The van der Waals surface area contributed by atoms with Crippen LogP contribution in [0.15, 0.2) is 175 Å². The van der Waals surface area contributed by atoms with E-state index >= 15 is 0 Å². The zero-order valence-corrected chi connectivity index (χ0v) is 86.3. The summed E-state index contributed by atoms with van der Waals surface area (Å²) in [7, 11) is 1.42. The molecule has 7 heterocycles. The van der Waals surface area contributed by atoms with Gasteiger partial charge in [-0.2, -0.15) is 0 Å². The van der Waals surface area contributed by atoms with Gasteiger partial charge in [-0.05, 0) is 307 Å². The molecule has 0 radical (unpaired) electrons. The molecule has 22 nitrogen and oxygen atoms in total. The van der Waals surface area contributed by atoms with E-state index in [4.69, 9.17) is 42.9 Å². The lowest BCUT2D eigenvalue weighted by Gasteiger charge is -2.27. The summed E-state index contributed by atoms with van der Waals surface area (Å²) in [5.41, 5.74) is 30.6. The quantitative estimate of drug-likeness (QED) is 0.0383. The number of fused-ring (bicyclic) bond motifs is 22. The molecule has 696 valence electrons. The van der Waals surface area contributed by atoms with Gasteiger partial charge in [0.25, 0.3) is 0 Å². The number of hydrogen-bond acceptors (Lipinski definition) is 21. The van der Waals surface area contributed by atoms with Crippen molar-refractivity contribution in [2.45, 2.75) is 113 Å². The minimum absolute atomic E-state index is 0.00806. The maximum absolute atomic E-state index is 12.8. The van der Waals surface area contributed by atoms with Gasteiger partial charge in [0.1, 0.15) is 67.3 Å². The number of carbonyl (C=O) groups is 11. The number of aryl methyl sites for hydroxylation is 4. The number of carbonyl (C=O) groups excluding carboxylic acids is 11. The molecular weight excluding hydrogens is 2090 g/mol. The van der Waals surface area contributed by atoms with E-state index in [1.165, 1.54) is 38.5 Å². The van der Waals surface area contributed by atoms with Crippen molar-refractivity contribution >= 4 is 197 Å². The minimum atomic E-state index is -0.743. The van der Waals surface area contributed by atoms with Crippen molar-refractivity contribution in [3.05, 3.63) is 270 Å². The van der Waals surface area contributed by atoms with Gasteiger partial charge in [-0.1, -0.05) is 148 Å². The molecule has 10 aliphatic rings. The summed E-state index contributed by atoms with van der Waals surface area (Å²) in [5, 5.41) is 3.16. The van der Waals surface area contributed by atoms with Crippen LogP contribution in [-0.2, 0) is 79.3 Å². The third-order valence-corrected chi connectivity index (χ3v) is 31.8. The summed E-state index contributed by atoms with van der Waals surface area (Å²) in [5.74, 6) is 3.63. The average Bonchev–Trinajstić information content (AvgIpc) is 1.14. The van der Waals surface area contributed by atoms with Crippen LogP contribution in [0.5, 0.6) is 28.7 Å². The number of aromatic nitrogens is 2. The second-order valence-corrected chi connectivity index (χ2v) is 42.1. The van der Waals surface area contributed by atoms with Crippen LogP contribution in [0.25, 0.3) is 77.7 Å². The van der Waals surface area contributed by atoms with Gasteiger partial charge in [0.2, 0.25) is 5.78 Å². The number of aliphatic imine (C=N–C) groups is 1. The number of ketones is 8. The largest absolute Gasteiger partial charge is 0.488 e. The van der Waals surface area contributed by atoms with Gasteiger partial charge in [-0.25, -0.2) is 19.4 Å². The Bertz CT molecular complexity index is 7130. The number of rotatable bonds is 17. The second-order valence-electron chi connectivity index (χ2n) is 34.0. The molecule has 0 fully saturated rings. The third kappa shape index (κ3) is 20.3. The first-order valence-corrected chi connectivity index (χ1v) is 56.3. The van der Waals surface area contributed by atoms with Crippen LogP contribution in [-0.4, -0.2) is 152 Å². The molecule has 1 N–H and O–H groups in total. The zero-order chi connectivity index (χ0) is 95.7. The number of Topliss-reactive ketones (excluding diaryl/α,β-unsaturated/α-hetero) is 8. The third-order valence-electron chi connectivity index (χ3n) is 25.8. The number of benzene rings is 11. The average molecular weight is 2180 g/mol. The van der Waals surface area contributed by atoms with Crippen LogP contribution in [0.2, 0.25) is 0 Å². The van der Waals surface area contributed by atoms with Crippen molar-refractivity contribution < 1.29 is 90.6 Å². The molecule has 0 spiro atoms. The standard InChI is InChI=1S/C24H21N3OP2.C23H22O7P2.C21H18BrO5P.C19H14Br2O3.C19H15BrO3/c1-29-23-10-18-17-9-22-19(8-13(17)4-6-20(18)26-23)16-5-3-14(7-15(16)12-28-22)21-11-25-24(27-21)30-2;1-31-22(26)29-11-18(24)13-3-5-15-14(7-13)10-28-20-9-16-12(8-17(15)20)4-6-19(21(16)25)30-23(27)32-2;1-28-21(25)27-10-18(23)12-2-4-14-13(6-12)9-26-19-8-15-11(7-16(14)19)3-5-17(22)20(15)24;20-8-17(22)11-1-3-13-12(5-11)9-24-18-7-14-10(6-15(13)18)2-4-16(21)19(14)23;20-9-18(22)12-4-5-14-13(6-12)10-23-19-8-15-11(7-16(14)19)2-1-3-17(15)21/h3-9,11,29-30H,10,12H2,1-2H3,(H,25,27);3,5,7-9,19,31-32H,4,6,10-11H2,1-2H3;2,4,6-8,17,28H,3,5,9-10H2,1H3;1,3,5-7,16H,2,4,8-9H2;4-8H,1-3,9-10H2. The molecule has 1 aromatic heterocycles. The normalized spacial score (nSPS) is 16.6. The molecule has 0 saturated heterocycles. The molecule has 137 heavy (non-hydrogen) atoms. The molecule has 4 aliphatic carbocycles. The molecule has 31 heteroatoms. The Labute approximate surface area is 832 Å². The van der Waals surface area contributed by atoms with Gasteiger partial charge in [0, 0.05) is 90.6 Å². The lowest BCUT2D eigenvalue weighted by atomic mass is 9.84. The van der Waals surface area contributed by atoms with E-state index in [1.807, 2.05) is 85.1 Å². The SMILES string of the molecule is CPC(=O)OCC(=O)c1ccc2c(c1)COc1cc3c(cc1-2)CCC(Br)C3=O.CPC(=O)OCC(=O)c1ccc2c(c1)COc1cc3c(cc1-2)CCC(OC(=O)PC)C3=O.CPC1=Nc2ccc3cc4c(cc3c2C1)OCc1cc(-c2cnc(PC)[nH]2)ccc1-4.O=C(CBr)c1ccc2c(c1)COc1cc3c(cc1-2)CCC(Br)C3=O.O=C(CBr)c1ccc2c(c1)COc1cc3c(cc1-2)CCCC3=O. The summed E-state index contributed by atoms with van der Waals surface area (Å²) in [6, 6.07) is 53.3. The minimum Gasteiger partial charge on any atom is -0.488 e. The summed E-state index contributed by atoms with van der Waals surface area (Å²) in [4.78, 5) is 145. The number of nitrogens with one attached hydrogen (secondary N) is 1. The lowest BCUT2D eigenvalue weighted by Crippen LogP contribution is -2.31. The second kappa shape index (κ2) is 42.2. The number of halogens is 4. The van der Waals surface area contributed by atoms with Crippen molar-refractivity contribution in [1.29, 1.82) is 0 Å². The highest BCUT2D eigenvalue weighted by Gasteiger charge is 2.37. The van der Waals surface area contributed by atoms with Gasteiger partial charge >= 0.3 is 17.1 Å². The lowest BCUT2D eigenvalue weighted by molar-refractivity contribution is 0.0657. The highest BCUT2D eigenvalue weighted by molar-refractivity contribution is 9.10. The predicted molar refractivity (Wildman–Crippen MR) is 556 cm³/mol. The van der Waals surface area contributed by atoms with Crippen molar-refractivity contribution in [2.75, 3.05) is 57.2 Å². The van der Waals surface area contributed by atoms with E-state index in [2.05, 4.69) is 142 Å². The summed E-state index contributed by atoms with van der Waals surface area (Å²) in [6.45, 7) is 10.9. The van der Waals surface area contributed by atoms with E-state index in [0.29, 0.717) is 104 Å². The summed E-state index contributed by atoms with van der Waals surface area (Å²) >= 11 is 13.3. The number of aromatic amines is 1. The summed E-state index contributed by atoms with van der Waals surface area (Å²) < 4.78 is 45.0. The summed E-state index contributed by atoms with van der Waals surface area (Å²) in [6.07, 6.45) is 9.00. The van der Waals surface area contributed by atoms with E-state index in [-0.39, 0.29) is 119 Å². The molecule has 12 aromatic rings. The number of ether oxygens (including phenoxy) is 8. The molecule has 11 aromatic carbocycles. The maximum Gasteiger partial charge on any atom is 0.323 e. The molecule has 0 amide bonds. The topological polar surface area (TPSA) is 303 Å². The Balaban J connectivity index is 0.000000114. The molecule has 0 bridgehead atoms. The van der Waals surface area contributed by atoms with Crippen LogP contribution in [0.3, 0.4) is 0 Å². The first kappa shape index (κ1) is 96.7. The van der Waals surface area contributed by atoms with E-state index in [0.717, 1.165) is 199 Å². The monoisotopic (exact) mass is 2180 g/mol. The molecule has 8 unspecified atom stereocenters. The smallest absolute Gasteiger partial charge is 0.323 e. The van der Waals surface area contributed by atoms with Gasteiger partial charge in [0.05, 0.1) is 37.9 Å². The number of hydrogen-bond donors (Lipinski definition) is 1. The van der Waals surface area contributed by atoms with Crippen LogP contribution in [0, 0.1) is 0 Å².